The smallest absolute Gasteiger partial charge is 0.436 e. The van der Waals surface area contributed by atoms with Crippen molar-refractivity contribution in [1.82, 2.24) is 9.78 Å². The minimum absolute atomic E-state index is 0.00761. The first-order valence-corrected chi connectivity index (χ1v) is 11.1. The molecule has 1 aromatic heterocycles. The Bertz CT molecular complexity index is 1320. The summed E-state index contributed by atoms with van der Waals surface area (Å²) in [5.41, 5.74) is -1.47. The molecule has 1 fully saturated rings. The Morgan fingerprint density at radius 3 is 2.50 bits per heavy atom. The molecule has 1 heterocycles. The number of nitrogens with one attached hydrogen (secondary N) is 1. The van der Waals surface area contributed by atoms with Gasteiger partial charge in [-0.1, -0.05) is 23.7 Å². The first kappa shape index (κ1) is 25.3. The lowest BCUT2D eigenvalue weighted by molar-refractivity contribution is -0.384. The molecule has 0 aliphatic heterocycles. The third-order valence-corrected chi connectivity index (χ3v) is 5.91. The Balaban J connectivity index is 1.63. The molecule has 4 rings (SSSR count). The van der Waals surface area contributed by atoms with E-state index in [1.807, 2.05) is 0 Å². The van der Waals surface area contributed by atoms with Gasteiger partial charge in [-0.3, -0.25) is 19.6 Å². The molecule has 9 nitrogen and oxygen atoms in total. The van der Waals surface area contributed by atoms with Crippen LogP contribution >= 0.6 is 11.6 Å². The number of alkyl halides is 3. The number of hydrogen-bond acceptors (Lipinski definition) is 6. The van der Waals surface area contributed by atoms with Gasteiger partial charge in [0.1, 0.15) is 11.8 Å². The number of benzene rings is 2. The van der Waals surface area contributed by atoms with Crippen LogP contribution in [0.4, 0.5) is 24.5 Å². The van der Waals surface area contributed by atoms with Gasteiger partial charge in [0.25, 0.3) is 5.69 Å². The van der Waals surface area contributed by atoms with E-state index in [-0.39, 0.29) is 34.5 Å². The van der Waals surface area contributed by atoms with Crippen LogP contribution in [0.2, 0.25) is 5.02 Å². The summed E-state index contributed by atoms with van der Waals surface area (Å²) in [4.78, 5) is 23.8. The zero-order valence-corrected chi connectivity index (χ0v) is 19.8. The van der Waals surface area contributed by atoms with Crippen LogP contribution in [0, 0.1) is 10.1 Å². The number of nitro benzene ring substituents is 1. The van der Waals surface area contributed by atoms with Crippen molar-refractivity contribution in [3.63, 3.8) is 0 Å². The zero-order valence-electron chi connectivity index (χ0n) is 19.0. The van der Waals surface area contributed by atoms with Gasteiger partial charge in [0, 0.05) is 18.1 Å². The molecule has 1 atom stereocenters. The number of carbonyl (C=O) groups excluding carboxylic acids is 1. The largest absolute Gasteiger partial charge is 0.493 e. The number of halogens is 4. The van der Waals surface area contributed by atoms with Gasteiger partial charge < -0.3 is 14.8 Å². The van der Waals surface area contributed by atoms with Gasteiger partial charge in [0.15, 0.2) is 17.2 Å². The van der Waals surface area contributed by atoms with Crippen LogP contribution in [0.1, 0.15) is 43.1 Å². The number of para-hydroxylation sites is 2. The molecule has 3 aromatic rings. The van der Waals surface area contributed by atoms with Crippen LogP contribution in [0.5, 0.6) is 17.2 Å². The topological polar surface area (TPSA) is 109 Å². The normalized spacial score (nSPS) is 14.3. The molecule has 1 saturated carbocycles. The minimum Gasteiger partial charge on any atom is -0.493 e. The highest BCUT2D eigenvalue weighted by molar-refractivity contribution is 6.32. The van der Waals surface area contributed by atoms with E-state index in [0.29, 0.717) is 18.6 Å². The van der Waals surface area contributed by atoms with Crippen molar-refractivity contribution < 1.29 is 32.4 Å². The van der Waals surface area contributed by atoms with E-state index in [4.69, 9.17) is 21.1 Å². The number of methoxy groups -OCH3 is 1. The fourth-order valence-corrected chi connectivity index (χ4v) is 4.02. The summed E-state index contributed by atoms with van der Waals surface area (Å²) in [6, 6.07) is 9.07. The third kappa shape index (κ3) is 5.23. The lowest BCUT2D eigenvalue weighted by Gasteiger charge is -2.16. The van der Waals surface area contributed by atoms with E-state index in [2.05, 4.69) is 10.4 Å². The monoisotopic (exact) mass is 524 g/mol. The first-order chi connectivity index (χ1) is 17.0. The molecule has 1 aliphatic carbocycles. The number of non-ortho nitro benzene ring substituents is 1. The number of nitrogens with zero attached hydrogens (tertiary/aromatic N) is 3. The Morgan fingerprint density at radius 1 is 1.25 bits per heavy atom. The van der Waals surface area contributed by atoms with Crippen LogP contribution in [-0.2, 0) is 11.0 Å². The molecule has 2 aromatic carbocycles. The second-order valence-electron chi connectivity index (χ2n) is 8.16. The number of carbonyl (C=O) groups is 1. The number of anilines is 1. The maximum Gasteiger partial charge on any atom is 0.436 e. The van der Waals surface area contributed by atoms with Crippen molar-refractivity contribution in [2.45, 2.75) is 37.9 Å². The highest BCUT2D eigenvalue weighted by Crippen LogP contribution is 2.47. The van der Waals surface area contributed by atoms with E-state index in [1.54, 1.807) is 24.3 Å². The van der Waals surface area contributed by atoms with E-state index in [9.17, 15) is 28.1 Å². The molecule has 0 bridgehead atoms. The standard InChI is InChI=1S/C23H20ClF3N4O5/c1-12(30-20(13-7-8-13)19(24)21(29-30)23(25,26)27)22(32)28-14-9-15(31(33)34)11-16(10-14)36-18-6-4-3-5-17(18)35-2/h3-6,9-13H,7-8H2,1-2H3,(H,28,32). The van der Waals surface area contributed by atoms with Crippen molar-refractivity contribution in [2.24, 2.45) is 0 Å². The highest BCUT2D eigenvalue weighted by atomic mass is 35.5. The van der Waals surface area contributed by atoms with Gasteiger partial charge in [-0.25, -0.2) is 0 Å². The molecular formula is C23H20ClF3N4O5. The van der Waals surface area contributed by atoms with Crippen molar-refractivity contribution in [3.8, 4) is 17.2 Å². The summed E-state index contributed by atoms with van der Waals surface area (Å²) < 4.78 is 52.1. The molecule has 1 amide bonds. The molecule has 1 aliphatic rings. The number of ether oxygens (including phenoxy) is 2. The number of nitro groups is 1. The average Bonchev–Trinajstić information content (AvgIpc) is 3.59. The number of amides is 1. The molecule has 36 heavy (non-hydrogen) atoms. The lowest BCUT2D eigenvalue weighted by Crippen LogP contribution is -2.26. The average molecular weight is 525 g/mol. The van der Waals surface area contributed by atoms with Crippen LogP contribution < -0.4 is 14.8 Å². The van der Waals surface area contributed by atoms with Crippen LogP contribution in [0.15, 0.2) is 42.5 Å². The van der Waals surface area contributed by atoms with Crippen molar-refractivity contribution in [1.29, 1.82) is 0 Å². The molecule has 1 unspecified atom stereocenters. The molecule has 190 valence electrons. The van der Waals surface area contributed by atoms with E-state index in [1.165, 1.54) is 26.2 Å². The lowest BCUT2D eigenvalue weighted by atomic mass is 10.2. The number of rotatable bonds is 8. The van der Waals surface area contributed by atoms with Gasteiger partial charge in [-0.15, -0.1) is 0 Å². The quantitative estimate of drug-likeness (QED) is 0.272. The third-order valence-electron chi connectivity index (χ3n) is 5.53. The summed E-state index contributed by atoms with van der Waals surface area (Å²) in [5.74, 6) is -0.265. The first-order valence-electron chi connectivity index (χ1n) is 10.8. The van der Waals surface area contributed by atoms with E-state index < -0.39 is 33.8 Å². The van der Waals surface area contributed by atoms with E-state index >= 15 is 0 Å². The number of aromatic nitrogens is 2. The predicted molar refractivity (Wildman–Crippen MR) is 124 cm³/mol. The molecule has 13 heteroatoms. The molecule has 1 N–H and O–H groups in total. The van der Waals surface area contributed by atoms with Crippen LogP contribution in [0.25, 0.3) is 0 Å². The fraction of sp³-hybridized carbons (Fsp3) is 0.304. The summed E-state index contributed by atoms with van der Waals surface area (Å²) in [6.07, 6.45) is -3.52. The second-order valence-corrected chi connectivity index (χ2v) is 8.53. The molecule has 0 radical (unpaired) electrons. The van der Waals surface area contributed by atoms with Crippen molar-refractivity contribution >= 4 is 28.9 Å². The molecular weight excluding hydrogens is 505 g/mol. The Kier molecular flexibility index (Phi) is 6.81. The Labute approximate surface area is 207 Å². The highest BCUT2D eigenvalue weighted by Gasteiger charge is 2.43. The predicted octanol–water partition coefficient (Wildman–Crippen LogP) is 6.34. The Morgan fingerprint density at radius 2 is 1.92 bits per heavy atom. The molecule has 0 saturated heterocycles. The number of hydrogen-bond donors (Lipinski definition) is 1. The molecule has 0 spiro atoms. The zero-order chi connectivity index (χ0) is 26.2. The SMILES string of the molecule is COc1ccccc1Oc1cc(NC(=O)C(C)n2nc(C(F)(F)F)c(Cl)c2C2CC2)cc([N+](=O)[O-])c1. The second kappa shape index (κ2) is 9.69. The fourth-order valence-electron chi connectivity index (χ4n) is 3.63. The van der Waals surface area contributed by atoms with E-state index in [0.717, 1.165) is 10.7 Å². The van der Waals surface area contributed by atoms with Gasteiger partial charge in [-0.2, -0.15) is 18.3 Å². The maximum absolute atomic E-state index is 13.4. The Hall–Kier alpha value is -3.80. The summed E-state index contributed by atoms with van der Waals surface area (Å²) in [6.45, 7) is 1.37. The maximum atomic E-state index is 13.4. The summed E-state index contributed by atoms with van der Waals surface area (Å²) in [5, 5.41) is 17.0. The summed E-state index contributed by atoms with van der Waals surface area (Å²) >= 11 is 6.00. The van der Waals surface area contributed by atoms with Gasteiger partial charge in [0.05, 0.1) is 34.5 Å². The van der Waals surface area contributed by atoms with Crippen molar-refractivity contribution in [2.75, 3.05) is 12.4 Å². The van der Waals surface area contributed by atoms with Crippen LogP contribution in [-0.4, -0.2) is 27.7 Å². The van der Waals surface area contributed by atoms with Gasteiger partial charge in [-0.05, 0) is 31.9 Å². The van der Waals surface area contributed by atoms with Gasteiger partial charge in [0.2, 0.25) is 5.91 Å². The van der Waals surface area contributed by atoms with Crippen LogP contribution in [0.3, 0.4) is 0 Å². The van der Waals surface area contributed by atoms with Crippen molar-refractivity contribution in [3.05, 3.63) is 69.0 Å². The minimum atomic E-state index is -4.78. The summed E-state index contributed by atoms with van der Waals surface area (Å²) in [7, 11) is 1.43. The van der Waals surface area contributed by atoms with Gasteiger partial charge >= 0.3 is 6.18 Å².